The van der Waals surface area contributed by atoms with E-state index in [4.69, 9.17) is 33.7 Å². The van der Waals surface area contributed by atoms with E-state index >= 15 is 0 Å². The van der Waals surface area contributed by atoms with Gasteiger partial charge in [0.1, 0.15) is 12.3 Å². The van der Waals surface area contributed by atoms with Crippen molar-refractivity contribution in [1.29, 1.82) is 0 Å². The number of benzene rings is 1. The van der Waals surface area contributed by atoms with E-state index in [1.807, 2.05) is 46.6 Å². The van der Waals surface area contributed by atoms with E-state index in [1.165, 1.54) is 9.78 Å². The highest BCUT2D eigenvalue weighted by atomic mass is 35.5. The SMILES string of the molecule is COc1ccc(-c2nn(C[NH+](C)Cc3ccc(Cl)s3)c(=S)n2C)cc1. The van der Waals surface area contributed by atoms with Gasteiger partial charge in [-0.05, 0) is 48.6 Å². The van der Waals surface area contributed by atoms with Crippen LogP contribution >= 0.6 is 35.2 Å². The van der Waals surface area contributed by atoms with Crippen LogP contribution in [0.2, 0.25) is 4.34 Å². The molecular weight excluding hydrogens is 376 g/mol. The van der Waals surface area contributed by atoms with Crippen LogP contribution in [0.1, 0.15) is 4.88 Å². The van der Waals surface area contributed by atoms with Gasteiger partial charge in [0.05, 0.1) is 23.4 Å². The standard InChI is InChI=1S/C17H19ClN4OS2/c1-20(10-14-8-9-15(18)25-14)11-22-17(24)21(2)16(19-22)12-4-6-13(23-3)7-5-12/h4-9H,10-11H2,1-3H3/p+1. The molecule has 5 nitrogen and oxygen atoms in total. The Bertz CT molecular complexity index is 914. The molecule has 0 bridgehead atoms. The molecule has 1 atom stereocenters. The number of nitrogens with one attached hydrogen (secondary N) is 1. The van der Waals surface area contributed by atoms with Crippen LogP contribution in [0.25, 0.3) is 11.4 Å². The highest BCUT2D eigenvalue weighted by molar-refractivity contribution is 7.71. The number of methoxy groups -OCH3 is 1. The van der Waals surface area contributed by atoms with Crippen LogP contribution in [0.15, 0.2) is 36.4 Å². The van der Waals surface area contributed by atoms with Gasteiger partial charge in [0.2, 0.25) is 4.77 Å². The average molecular weight is 396 g/mol. The minimum absolute atomic E-state index is 0.693. The molecule has 0 saturated carbocycles. The van der Waals surface area contributed by atoms with Crippen molar-refractivity contribution in [2.45, 2.75) is 13.2 Å². The molecule has 3 rings (SSSR count). The zero-order valence-electron chi connectivity index (χ0n) is 14.3. The molecule has 1 unspecified atom stereocenters. The molecule has 132 valence electrons. The Morgan fingerprint density at radius 2 is 1.96 bits per heavy atom. The van der Waals surface area contributed by atoms with Gasteiger partial charge in [-0.1, -0.05) is 11.6 Å². The van der Waals surface area contributed by atoms with Crippen molar-refractivity contribution in [1.82, 2.24) is 14.3 Å². The maximum absolute atomic E-state index is 6.01. The van der Waals surface area contributed by atoms with E-state index in [1.54, 1.807) is 18.4 Å². The Kier molecular flexibility index (Phi) is 5.58. The van der Waals surface area contributed by atoms with E-state index in [9.17, 15) is 0 Å². The van der Waals surface area contributed by atoms with Crippen molar-refractivity contribution >= 4 is 35.2 Å². The van der Waals surface area contributed by atoms with Crippen molar-refractivity contribution in [3.63, 3.8) is 0 Å². The molecule has 8 heteroatoms. The van der Waals surface area contributed by atoms with Crippen LogP contribution in [0.5, 0.6) is 5.75 Å². The third kappa shape index (κ3) is 4.12. The van der Waals surface area contributed by atoms with Gasteiger partial charge in [0.25, 0.3) is 0 Å². The van der Waals surface area contributed by atoms with Gasteiger partial charge in [-0.3, -0.25) is 0 Å². The summed E-state index contributed by atoms with van der Waals surface area (Å²) in [5, 5.41) is 4.71. The molecule has 2 aromatic heterocycles. The summed E-state index contributed by atoms with van der Waals surface area (Å²) in [6.07, 6.45) is 0. The number of rotatable bonds is 6. The lowest BCUT2D eigenvalue weighted by Gasteiger charge is -2.12. The molecule has 1 aromatic carbocycles. The predicted octanol–water partition coefficient (Wildman–Crippen LogP) is 3.01. The largest absolute Gasteiger partial charge is 0.497 e. The first-order valence-electron chi connectivity index (χ1n) is 7.81. The molecule has 0 aliphatic rings. The number of thiophene rings is 1. The fraction of sp³-hybridized carbons (Fsp3) is 0.294. The van der Waals surface area contributed by atoms with Crippen LogP contribution in [0.3, 0.4) is 0 Å². The summed E-state index contributed by atoms with van der Waals surface area (Å²) in [6, 6.07) is 11.8. The van der Waals surface area contributed by atoms with Gasteiger partial charge in [-0.25, -0.2) is 0 Å². The molecule has 0 amide bonds. The van der Waals surface area contributed by atoms with Crippen molar-refractivity contribution in [2.24, 2.45) is 7.05 Å². The third-order valence-electron chi connectivity index (χ3n) is 3.91. The summed E-state index contributed by atoms with van der Waals surface area (Å²) < 4.78 is 10.5. The summed E-state index contributed by atoms with van der Waals surface area (Å²) in [7, 11) is 5.72. The van der Waals surface area contributed by atoms with Gasteiger partial charge >= 0.3 is 0 Å². The fourth-order valence-electron chi connectivity index (χ4n) is 2.64. The van der Waals surface area contributed by atoms with Crippen molar-refractivity contribution < 1.29 is 9.64 Å². The predicted molar refractivity (Wildman–Crippen MR) is 104 cm³/mol. The first kappa shape index (κ1) is 18.1. The molecular formula is C17H20ClN4OS2+. The Hall–Kier alpha value is -1.67. The average Bonchev–Trinajstić information content (AvgIpc) is 3.13. The van der Waals surface area contributed by atoms with E-state index in [2.05, 4.69) is 13.1 Å². The van der Waals surface area contributed by atoms with E-state index in [0.29, 0.717) is 11.4 Å². The third-order valence-corrected chi connectivity index (χ3v) is 5.63. The molecule has 0 aliphatic carbocycles. The molecule has 0 radical (unpaired) electrons. The molecule has 3 aromatic rings. The van der Waals surface area contributed by atoms with Gasteiger partial charge in [-0.15, -0.1) is 16.4 Å². The highest BCUT2D eigenvalue weighted by Crippen LogP contribution is 2.21. The Morgan fingerprint density at radius 3 is 2.56 bits per heavy atom. The minimum Gasteiger partial charge on any atom is -0.497 e. The van der Waals surface area contributed by atoms with E-state index < -0.39 is 0 Å². The molecule has 0 saturated heterocycles. The summed E-state index contributed by atoms with van der Waals surface area (Å²) >= 11 is 13.2. The lowest BCUT2D eigenvalue weighted by Crippen LogP contribution is -3.06. The number of quaternary nitrogens is 1. The van der Waals surface area contributed by atoms with Gasteiger partial charge in [0.15, 0.2) is 12.5 Å². The highest BCUT2D eigenvalue weighted by Gasteiger charge is 2.14. The molecule has 2 heterocycles. The smallest absolute Gasteiger partial charge is 0.202 e. The number of nitrogens with zero attached hydrogens (tertiary/aromatic N) is 3. The van der Waals surface area contributed by atoms with E-state index in [-0.39, 0.29) is 0 Å². The number of halogens is 1. The van der Waals surface area contributed by atoms with E-state index in [0.717, 1.165) is 28.0 Å². The van der Waals surface area contributed by atoms with Gasteiger partial charge < -0.3 is 14.2 Å². The van der Waals surface area contributed by atoms with Crippen LogP contribution < -0.4 is 9.64 Å². The van der Waals surface area contributed by atoms with Crippen molar-refractivity contribution in [3.8, 4) is 17.1 Å². The molecule has 0 spiro atoms. The molecule has 25 heavy (non-hydrogen) atoms. The molecule has 0 fully saturated rings. The van der Waals surface area contributed by atoms with Gasteiger partial charge in [0, 0.05) is 12.6 Å². The Labute approximate surface area is 161 Å². The second kappa shape index (κ2) is 7.70. The lowest BCUT2D eigenvalue weighted by molar-refractivity contribution is -0.917. The van der Waals surface area contributed by atoms with Crippen LogP contribution in [0.4, 0.5) is 0 Å². The first-order valence-corrected chi connectivity index (χ1v) is 9.42. The van der Waals surface area contributed by atoms with Gasteiger partial charge in [-0.2, -0.15) is 4.68 Å². The zero-order valence-corrected chi connectivity index (χ0v) is 16.7. The zero-order chi connectivity index (χ0) is 18.0. The topological polar surface area (TPSA) is 36.4 Å². The second-order valence-corrected chi connectivity index (χ2v) is 8.06. The number of hydrogen-bond donors (Lipinski definition) is 1. The summed E-state index contributed by atoms with van der Waals surface area (Å²) in [6.45, 7) is 1.58. The van der Waals surface area contributed by atoms with Crippen molar-refractivity contribution in [3.05, 3.63) is 50.4 Å². The summed E-state index contributed by atoms with van der Waals surface area (Å²) in [5.74, 6) is 1.67. The lowest BCUT2D eigenvalue weighted by atomic mass is 10.2. The number of aromatic nitrogens is 3. The normalized spacial score (nSPS) is 12.3. The first-order chi connectivity index (χ1) is 12.0. The van der Waals surface area contributed by atoms with Crippen LogP contribution in [-0.2, 0) is 20.3 Å². The van der Waals surface area contributed by atoms with Crippen molar-refractivity contribution in [2.75, 3.05) is 14.2 Å². The number of ether oxygens (including phenoxy) is 1. The Balaban J connectivity index is 1.79. The van der Waals surface area contributed by atoms with Crippen LogP contribution in [-0.4, -0.2) is 28.5 Å². The second-order valence-electron chi connectivity index (χ2n) is 5.89. The summed E-state index contributed by atoms with van der Waals surface area (Å²) in [4.78, 5) is 2.54. The Morgan fingerprint density at radius 1 is 1.24 bits per heavy atom. The maximum Gasteiger partial charge on any atom is 0.202 e. The van der Waals surface area contributed by atoms with Crippen LogP contribution in [0, 0.1) is 4.77 Å². The summed E-state index contributed by atoms with van der Waals surface area (Å²) in [5.41, 5.74) is 1.01. The fourth-order valence-corrected chi connectivity index (χ4v) is 4.03. The molecule has 1 N–H and O–H groups in total. The number of hydrogen-bond acceptors (Lipinski definition) is 4. The quantitative estimate of drug-likeness (QED) is 0.652. The molecule has 0 aliphatic heterocycles. The minimum atomic E-state index is 0.693. The monoisotopic (exact) mass is 395 g/mol. The maximum atomic E-state index is 6.01.